The van der Waals surface area contributed by atoms with Crippen molar-refractivity contribution in [1.29, 1.82) is 0 Å². The monoisotopic (exact) mass is 247 g/mol. The Balaban J connectivity index is 0.000000293. The molecule has 1 aliphatic rings. The second kappa shape index (κ2) is 5.64. The van der Waals surface area contributed by atoms with Gasteiger partial charge >= 0.3 is 18.1 Å². The topological polar surface area (TPSA) is 86.6 Å². The fourth-order valence-corrected chi connectivity index (χ4v) is 0.913. The Morgan fingerprint density at radius 1 is 1.25 bits per heavy atom. The molecular formula is C7H9F4NO4. The van der Waals surface area contributed by atoms with Crippen molar-refractivity contribution in [2.75, 3.05) is 6.54 Å². The van der Waals surface area contributed by atoms with Crippen molar-refractivity contribution in [3.63, 3.8) is 0 Å². The molecule has 1 heterocycles. The van der Waals surface area contributed by atoms with Gasteiger partial charge in [-0.05, 0) is 13.0 Å². The van der Waals surface area contributed by atoms with Crippen LogP contribution in [0.2, 0.25) is 0 Å². The fraction of sp³-hybridized carbons (Fsp3) is 0.714. The molecule has 0 aromatic carbocycles. The summed E-state index contributed by atoms with van der Waals surface area (Å²) in [5, 5.41) is 17.9. The molecule has 3 N–H and O–H groups in total. The number of halogens is 4. The van der Waals surface area contributed by atoms with Crippen molar-refractivity contribution in [2.24, 2.45) is 0 Å². The molecule has 94 valence electrons. The number of hydrogen-bond donors (Lipinski definition) is 3. The summed E-state index contributed by atoms with van der Waals surface area (Å²) in [4.78, 5) is 19.0. The summed E-state index contributed by atoms with van der Waals surface area (Å²) in [7, 11) is 0. The molecular weight excluding hydrogens is 238 g/mol. The van der Waals surface area contributed by atoms with Crippen LogP contribution in [0.15, 0.2) is 0 Å². The van der Waals surface area contributed by atoms with E-state index in [4.69, 9.17) is 15.0 Å². The number of carboxylic acid groups (broad SMARTS) is 2. The largest absolute Gasteiger partial charge is 0.490 e. The Labute approximate surface area is 87.1 Å². The van der Waals surface area contributed by atoms with Crippen LogP contribution < -0.4 is 5.32 Å². The summed E-state index contributed by atoms with van der Waals surface area (Å²) in [5.74, 6) is -3.85. The first kappa shape index (κ1) is 14.6. The van der Waals surface area contributed by atoms with Crippen LogP contribution in [0.1, 0.15) is 6.42 Å². The fourth-order valence-electron chi connectivity index (χ4n) is 0.913. The van der Waals surface area contributed by atoms with Crippen LogP contribution in [-0.4, -0.2) is 47.1 Å². The summed E-state index contributed by atoms with van der Waals surface area (Å²) < 4.78 is 44.1. The van der Waals surface area contributed by atoms with E-state index in [0.717, 1.165) is 0 Å². The van der Waals surface area contributed by atoms with Gasteiger partial charge in [-0.25, -0.2) is 9.18 Å². The van der Waals surface area contributed by atoms with Gasteiger partial charge in [0.05, 0.1) is 0 Å². The lowest BCUT2D eigenvalue weighted by atomic mass is 10.2. The Morgan fingerprint density at radius 3 is 1.81 bits per heavy atom. The molecule has 1 aliphatic heterocycles. The highest BCUT2D eigenvalue weighted by atomic mass is 19.4. The van der Waals surface area contributed by atoms with Crippen LogP contribution in [0.25, 0.3) is 0 Å². The zero-order valence-corrected chi connectivity index (χ0v) is 7.79. The molecule has 2 atom stereocenters. The lowest BCUT2D eigenvalue weighted by Crippen LogP contribution is -2.36. The molecule has 0 radical (unpaired) electrons. The number of carbonyl (C=O) groups is 2. The van der Waals surface area contributed by atoms with Crippen LogP contribution in [0.5, 0.6) is 0 Å². The average molecular weight is 247 g/mol. The van der Waals surface area contributed by atoms with Gasteiger partial charge in [-0.2, -0.15) is 13.2 Å². The number of alkyl halides is 4. The van der Waals surface area contributed by atoms with Gasteiger partial charge in [0.2, 0.25) is 0 Å². The average Bonchev–Trinajstić information content (AvgIpc) is 2.50. The first-order chi connectivity index (χ1) is 7.16. The second-order valence-corrected chi connectivity index (χ2v) is 2.88. The van der Waals surface area contributed by atoms with Gasteiger partial charge in [-0.1, -0.05) is 0 Å². The molecule has 1 rings (SSSR count). The van der Waals surface area contributed by atoms with Crippen LogP contribution in [0.3, 0.4) is 0 Å². The minimum atomic E-state index is -5.08. The van der Waals surface area contributed by atoms with Crippen LogP contribution in [0, 0.1) is 0 Å². The Morgan fingerprint density at radius 2 is 1.69 bits per heavy atom. The van der Waals surface area contributed by atoms with Gasteiger partial charge in [0, 0.05) is 0 Å². The van der Waals surface area contributed by atoms with E-state index in [2.05, 4.69) is 5.32 Å². The van der Waals surface area contributed by atoms with E-state index in [1.54, 1.807) is 0 Å². The molecule has 16 heavy (non-hydrogen) atoms. The Bertz CT molecular complexity index is 268. The quantitative estimate of drug-likeness (QED) is 0.584. The third-order valence-electron chi connectivity index (χ3n) is 1.65. The maximum atomic E-state index is 12.4. The highest BCUT2D eigenvalue weighted by molar-refractivity contribution is 5.74. The van der Waals surface area contributed by atoms with Crippen LogP contribution in [0.4, 0.5) is 17.6 Å². The van der Waals surface area contributed by atoms with Crippen molar-refractivity contribution in [1.82, 2.24) is 5.32 Å². The van der Waals surface area contributed by atoms with E-state index in [1.165, 1.54) is 0 Å². The van der Waals surface area contributed by atoms with E-state index in [-0.39, 0.29) is 0 Å². The summed E-state index contributed by atoms with van der Waals surface area (Å²) in [6.45, 7) is 0.470. The number of aliphatic carboxylic acids is 2. The van der Waals surface area contributed by atoms with Gasteiger partial charge in [-0.3, -0.25) is 4.79 Å². The van der Waals surface area contributed by atoms with E-state index in [1.807, 2.05) is 0 Å². The van der Waals surface area contributed by atoms with Crippen molar-refractivity contribution >= 4 is 11.9 Å². The Hall–Kier alpha value is -1.38. The van der Waals surface area contributed by atoms with Crippen molar-refractivity contribution in [3.05, 3.63) is 0 Å². The zero-order chi connectivity index (χ0) is 12.9. The summed E-state index contributed by atoms with van der Waals surface area (Å²) in [5.41, 5.74) is 0. The number of hydrogen-bond acceptors (Lipinski definition) is 3. The van der Waals surface area contributed by atoms with Crippen molar-refractivity contribution in [2.45, 2.75) is 24.8 Å². The first-order valence-corrected chi connectivity index (χ1v) is 4.06. The van der Waals surface area contributed by atoms with Crippen LogP contribution >= 0.6 is 0 Å². The number of nitrogens with one attached hydrogen (secondary N) is 1. The summed E-state index contributed by atoms with van der Waals surface area (Å²) in [6, 6.07) is -0.968. The third kappa shape index (κ3) is 4.91. The van der Waals surface area contributed by atoms with Gasteiger partial charge in [-0.15, -0.1) is 0 Å². The predicted octanol–water partition coefficient (Wildman–Crippen LogP) is 0.404. The maximum Gasteiger partial charge on any atom is 0.490 e. The molecule has 1 saturated heterocycles. The lowest BCUT2D eigenvalue weighted by Gasteiger charge is -2.04. The van der Waals surface area contributed by atoms with E-state index in [9.17, 15) is 22.4 Å². The molecule has 5 nitrogen and oxygen atoms in total. The van der Waals surface area contributed by atoms with E-state index >= 15 is 0 Å². The predicted molar refractivity (Wildman–Crippen MR) is 42.6 cm³/mol. The van der Waals surface area contributed by atoms with Gasteiger partial charge < -0.3 is 15.5 Å². The minimum absolute atomic E-state index is 0.316. The number of carboxylic acids is 2. The smallest absolute Gasteiger partial charge is 0.480 e. The molecule has 0 aromatic heterocycles. The normalized spacial score (nSPS) is 24.5. The van der Waals surface area contributed by atoms with Gasteiger partial charge in [0.25, 0.3) is 0 Å². The Kier molecular flexibility index (Phi) is 5.15. The zero-order valence-electron chi connectivity index (χ0n) is 7.79. The summed E-state index contributed by atoms with van der Waals surface area (Å²) in [6.07, 6.45) is -5.97. The molecule has 0 aromatic rings. The minimum Gasteiger partial charge on any atom is -0.480 e. The molecule has 0 unspecified atom stereocenters. The molecule has 0 aliphatic carbocycles. The van der Waals surface area contributed by atoms with Crippen LogP contribution in [-0.2, 0) is 9.59 Å². The lowest BCUT2D eigenvalue weighted by molar-refractivity contribution is -0.192. The van der Waals surface area contributed by atoms with E-state index < -0.39 is 30.3 Å². The summed E-state index contributed by atoms with van der Waals surface area (Å²) >= 11 is 0. The van der Waals surface area contributed by atoms with Gasteiger partial charge in [0.15, 0.2) is 0 Å². The molecule has 0 saturated carbocycles. The van der Waals surface area contributed by atoms with Crippen molar-refractivity contribution < 1.29 is 37.4 Å². The molecule has 9 heteroatoms. The standard InChI is InChI=1S/C5H8FNO2.C2HF3O2/c6-3-1-2-7-4(3)5(8)9;3-2(4,5)1(6)7/h3-4,7H,1-2H2,(H,8,9);(H,6,7)/t3-,4-;/m0./s1. The van der Waals surface area contributed by atoms with Crippen molar-refractivity contribution in [3.8, 4) is 0 Å². The highest BCUT2D eigenvalue weighted by Crippen LogP contribution is 2.13. The molecule has 0 bridgehead atoms. The molecule has 0 amide bonds. The maximum absolute atomic E-state index is 12.4. The molecule has 0 spiro atoms. The highest BCUT2D eigenvalue weighted by Gasteiger charge is 2.38. The third-order valence-corrected chi connectivity index (χ3v) is 1.65. The number of rotatable bonds is 1. The van der Waals surface area contributed by atoms with Gasteiger partial charge in [0.1, 0.15) is 12.2 Å². The van der Waals surface area contributed by atoms with E-state index in [0.29, 0.717) is 13.0 Å². The second-order valence-electron chi connectivity index (χ2n) is 2.88. The molecule has 1 fully saturated rings. The first-order valence-electron chi connectivity index (χ1n) is 4.06. The SMILES string of the molecule is O=C(O)C(F)(F)F.O=C(O)[C@H]1NCC[C@@H]1F.